The number of hydrogen-bond donors (Lipinski definition) is 2. The molecule has 1 unspecified atom stereocenters. The van der Waals surface area contributed by atoms with Gasteiger partial charge in [0.1, 0.15) is 11.6 Å². The minimum Gasteiger partial charge on any atom is -0.393 e. The number of ether oxygens (including phenoxy) is 1. The highest BCUT2D eigenvalue weighted by atomic mass is 16.5. The Kier molecular flexibility index (Phi) is 6.20. The summed E-state index contributed by atoms with van der Waals surface area (Å²) < 4.78 is 5.47. The number of carbonyl (C=O) groups excluding carboxylic acids is 1. The zero-order valence-corrected chi connectivity index (χ0v) is 14.9. The van der Waals surface area contributed by atoms with E-state index in [0.29, 0.717) is 44.2 Å². The number of aliphatic hydroxyl groups excluding tert-OH is 1. The topological polar surface area (TPSA) is 87.6 Å². The molecule has 138 valence electrons. The molecule has 2 aliphatic heterocycles. The number of amides is 1. The number of carbonyl (C=O) groups is 1. The number of anilines is 1. The molecule has 2 aliphatic rings. The monoisotopic (exact) mass is 348 g/mol. The summed E-state index contributed by atoms with van der Waals surface area (Å²) in [5, 5.41) is 13.0. The number of piperidine rings is 1. The van der Waals surface area contributed by atoms with Gasteiger partial charge in [0.2, 0.25) is 5.91 Å². The third-order valence-electron chi connectivity index (χ3n) is 5.21. The van der Waals surface area contributed by atoms with Gasteiger partial charge in [-0.1, -0.05) is 0 Å². The molecule has 3 heterocycles. The molecule has 0 spiro atoms. The van der Waals surface area contributed by atoms with Gasteiger partial charge in [-0.2, -0.15) is 0 Å². The quantitative estimate of drug-likeness (QED) is 0.832. The smallest absolute Gasteiger partial charge is 0.227 e. The first-order valence-corrected chi connectivity index (χ1v) is 9.21. The molecule has 1 atom stereocenters. The van der Waals surface area contributed by atoms with E-state index in [1.165, 1.54) is 0 Å². The Morgan fingerprint density at radius 2 is 2.08 bits per heavy atom. The molecule has 0 aromatic carbocycles. The number of aliphatic hydroxyl groups is 1. The second-order valence-electron chi connectivity index (χ2n) is 6.98. The fraction of sp³-hybridized carbons (Fsp3) is 0.722. The molecule has 2 fully saturated rings. The predicted molar refractivity (Wildman–Crippen MR) is 94.1 cm³/mol. The van der Waals surface area contributed by atoms with E-state index in [0.717, 1.165) is 31.9 Å². The summed E-state index contributed by atoms with van der Waals surface area (Å²) in [6, 6.07) is 1.83. The molecule has 25 heavy (non-hydrogen) atoms. The number of nitrogens with one attached hydrogen (secondary N) is 1. The van der Waals surface area contributed by atoms with Gasteiger partial charge in [0.25, 0.3) is 0 Å². The second-order valence-corrected chi connectivity index (χ2v) is 6.98. The Bertz CT molecular complexity index is 569. The maximum atomic E-state index is 13.1. The Balaban J connectivity index is 1.67. The van der Waals surface area contributed by atoms with E-state index in [-0.39, 0.29) is 17.9 Å². The summed E-state index contributed by atoms with van der Waals surface area (Å²) >= 11 is 0. The number of nitrogens with zero attached hydrogens (tertiary/aromatic N) is 3. The van der Waals surface area contributed by atoms with Crippen molar-refractivity contribution in [3.63, 3.8) is 0 Å². The molecule has 0 aliphatic carbocycles. The third-order valence-corrected chi connectivity index (χ3v) is 5.21. The first-order chi connectivity index (χ1) is 12.1. The summed E-state index contributed by atoms with van der Waals surface area (Å²) in [5.74, 6) is 1.89. The number of likely N-dealkylation sites (tertiary alicyclic amines) is 1. The third kappa shape index (κ3) is 4.89. The zero-order valence-electron chi connectivity index (χ0n) is 14.9. The van der Waals surface area contributed by atoms with Gasteiger partial charge in [-0.3, -0.25) is 4.79 Å². The van der Waals surface area contributed by atoms with E-state index < -0.39 is 0 Å². The van der Waals surface area contributed by atoms with E-state index in [2.05, 4.69) is 15.3 Å². The molecular weight excluding hydrogens is 320 g/mol. The molecule has 0 saturated carbocycles. The highest BCUT2D eigenvalue weighted by Gasteiger charge is 2.34. The normalized spacial score (nSPS) is 21.1. The maximum Gasteiger partial charge on any atom is 0.227 e. The molecule has 0 bridgehead atoms. The maximum absolute atomic E-state index is 13.1. The summed E-state index contributed by atoms with van der Waals surface area (Å²) in [7, 11) is 0. The van der Waals surface area contributed by atoms with Gasteiger partial charge < -0.3 is 20.1 Å². The zero-order chi connectivity index (χ0) is 17.6. The van der Waals surface area contributed by atoms with E-state index in [4.69, 9.17) is 4.74 Å². The van der Waals surface area contributed by atoms with Crippen LogP contribution in [0.2, 0.25) is 0 Å². The fourth-order valence-electron chi connectivity index (χ4n) is 3.66. The second kappa shape index (κ2) is 8.58. The standard InChI is InChI=1S/C18H28N4O3/c1-13-19-7-2-17(21-13)20-12-16(14-5-10-25-11-6-14)18(24)22-8-3-15(23)4-9-22/h2,7,14-16,23H,3-6,8-12H2,1H3,(H,19,20,21). The van der Waals surface area contributed by atoms with Gasteiger partial charge >= 0.3 is 0 Å². The lowest BCUT2D eigenvalue weighted by Gasteiger charge is -2.36. The van der Waals surface area contributed by atoms with Gasteiger partial charge in [0.05, 0.1) is 12.0 Å². The molecule has 1 aromatic rings. The van der Waals surface area contributed by atoms with Crippen molar-refractivity contribution < 1.29 is 14.6 Å². The molecule has 1 amide bonds. The molecule has 2 N–H and O–H groups in total. The van der Waals surface area contributed by atoms with Crippen LogP contribution < -0.4 is 5.32 Å². The SMILES string of the molecule is Cc1nccc(NCC(C(=O)N2CCC(O)CC2)C2CCOCC2)n1. The minimum absolute atomic E-state index is 0.0885. The van der Waals surface area contributed by atoms with Gasteiger partial charge in [-0.05, 0) is 44.6 Å². The minimum atomic E-state index is -0.271. The lowest BCUT2D eigenvalue weighted by atomic mass is 9.84. The number of aryl methyl sites for hydroxylation is 1. The van der Waals surface area contributed by atoms with Crippen molar-refractivity contribution >= 4 is 11.7 Å². The highest BCUT2D eigenvalue weighted by molar-refractivity contribution is 5.80. The number of rotatable bonds is 5. The van der Waals surface area contributed by atoms with Crippen LogP contribution in [0.1, 0.15) is 31.5 Å². The summed E-state index contributed by atoms with van der Waals surface area (Å²) in [6.07, 6.45) is 4.62. The van der Waals surface area contributed by atoms with Crippen LogP contribution in [-0.4, -0.2) is 64.8 Å². The van der Waals surface area contributed by atoms with Crippen molar-refractivity contribution in [3.8, 4) is 0 Å². The van der Waals surface area contributed by atoms with Crippen molar-refractivity contribution in [2.24, 2.45) is 11.8 Å². The van der Waals surface area contributed by atoms with Crippen LogP contribution in [0.25, 0.3) is 0 Å². The van der Waals surface area contributed by atoms with Crippen molar-refractivity contribution in [1.29, 1.82) is 0 Å². The molecule has 7 heteroatoms. The number of aromatic nitrogens is 2. The van der Waals surface area contributed by atoms with Crippen LogP contribution in [0.15, 0.2) is 12.3 Å². The molecule has 1 aromatic heterocycles. The number of hydrogen-bond acceptors (Lipinski definition) is 6. The van der Waals surface area contributed by atoms with Crippen molar-refractivity contribution in [2.75, 3.05) is 38.2 Å². The van der Waals surface area contributed by atoms with Crippen molar-refractivity contribution in [2.45, 2.75) is 38.7 Å². The molecule has 3 rings (SSSR count). The average Bonchev–Trinajstić information content (AvgIpc) is 2.63. The summed E-state index contributed by atoms with van der Waals surface area (Å²) in [5.41, 5.74) is 0. The van der Waals surface area contributed by atoms with E-state index in [1.54, 1.807) is 6.20 Å². The molecule has 0 radical (unpaired) electrons. The Hall–Kier alpha value is -1.73. The van der Waals surface area contributed by atoms with E-state index in [9.17, 15) is 9.90 Å². The van der Waals surface area contributed by atoms with Crippen LogP contribution in [0, 0.1) is 18.8 Å². The first-order valence-electron chi connectivity index (χ1n) is 9.21. The first kappa shape index (κ1) is 18.1. The van der Waals surface area contributed by atoms with Crippen LogP contribution >= 0.6 is 0 Å². The lowest BCUT2D eigenvalue weighted by molar-refractivity contribution is -0.140. The van der Waals surface area contributed by atoms with Gasteiger partial charge in [-0.15, -0.1) is 0 Å². The van der Waals surface area contributed by atoms with Crippen LogP contribution in [0.3, 0.4) is 0 Å². The molecule has 7 nitrogen and oxygen atoms in total. The van der Waals surface area contributed by atoms with Gasteiger partial charge in [0, 0.05) is 39.0 Å². The van der Waals surface area contributed by atoms with E-state index in [1.807, 2.05) is 17.9 Å². The summed E-state index contributed by atoms with van der Waals surface area (Å²) in [4.78, 5) is 23.5. The lowest BCUT2D eigenvalue weighted by Crippen LogP contribution is -2.47. The Morgan fingerprint density at radius 3 is 2.76 bits per heavy atom. The fourth-order valence-corrected chi connectivity index (χ4v) is 3.66. The highest BCUT2D eigenvalue weighted by Crippen LogP contribution is 2.27. The molecule has 2 saturated heterocycles. The van der Waals surface area contributed by atoms with Crippen LogP contribution in [0.4, 0.5) is 5.82 Å². The summed E-state index contributed by atoms with van der Waals surface area (Å²) in [6.45, 7) is 5.16. The van der Waals surface area contributed by atoms with Crippen molar-refractivity contribution in [3.05, 3.63) is 18.1 Å². The van der Waals surface area contributed by atoms with Crippen molar-refractivity contribution in [1.82, 2.24) is 14.9 Å². The largest absolute Gasteiger partial charge is 0.393 e. The average molecular weight is 348 g/mol. The predicted octanol–water partition coefficient (Wildman–Crippen LogP) is 1.22. The Labute approximate surface area is 148 Å². The van der Waals surface area contributed by atoms with Crippen LogP contribution in [-0.2, 0) is 9.53 Å². The van der Waals surface area contributed by atoms with Crippen LogP contribution in [0.5, 0.6) is 0 Å². The van der Waals surface area contributed by atoms with Gasteiger partial charge in [0.15, 0.2) is 0 Å². The molecular formula is C18H28N4O3. The van der Waals surface area contributed by atoms with E-state index >= 15 is 0 Å². The Morgan fingerprint density at radius 1 is 1.36 bits per heavy atom. The van der Waals surface area contributed by atoms with Gasteiger partial charge in [-0.25, -0.2) is 9.97 Å².